The summed E-state index contributed by atoms with van der Waals surface area (Å²) in [6.07, 6.45) is 4.55. The van der Waals surface area contributed by atoms with Gasteiger partial charge in [-0.25, -0.2) is 0 Å². The molecule has 1 unspecified atom stereocenters. The Hall–Kier alpha value is -1.79. The van der Waals surface area contributed by atoms with Crippen LogP contribution in [0, 0.1) is 11.3 Å². The van der Waals surface area contributed by atoms with Gasteiger partial charge in [-0.1, -0.05) is 24.3 Å². The van der Waals surface area contributed by atoms with Gasteiger partial charge >= 0.3 is 0 Å². The number of alkyl halides is 1. The van der Waals surface area contributed by atoms with E-state index in [4.69, 9.17) is 11.6 Å². The highest BCUT2D eigenvalue weighted by Gasteiger charge is 2.26. The van der Waals surface area contributed by atoms with Gasteiger partial charge in [-0.05, 0) is 23.6 Å². The van der Waals surface area contributed by atoms with Crippen LogP contribution in [0.3, 0.4) is 0 Å². The van der Waals surface area contributed by atoms with Crippen LogP contribution in [-0.4, -0.2) is 16.7 Å². The van der Waals surface area contributed by atoms with E-state index < -0.39 is 6.04 Å². The van der Waals surface area contributed by atoms with Crippen molar-refractivity contribution in [1.29, 1.82) is 5.26 Å². The monoisotopic (exact) mass is 260 g/mol. The summed E-state index contributed by atoms with van der Waals surface area (Å²) in [4.78, 5) is 13.5. The molecular weight excluding hydrogens is 248 g/mol. The number of fused-ring (bicyclic) bond motifs is 1. The average molecular weight is 261 g/mol. The number of nitrogens with zero attached hydrogens (tertiary/aromatic N) is 2. The summed E-state index contributed by atoms with van der Waals surface area (Å²) in [6.45, 7) is 0. The third-order valence-electron chi connectivity index (χ3n) is 2.92. The van der Waals surface area contributed by atoms with Crippen LogP contribution in [0.1, 0.15) is 30.0 Å². The Morgan fingerprint density at radius 1 is 1.44 bits per heavy atom. The number of hydrogen-bond acceptors (Lipinski definition) is 2. The first kappa shape index (κ1) is 12.7. The van der Waals surface area contributed by atoms with E-state index in [1.165, 1.54) is 4.90 Å². The fraction of sp³-hybridized carbons (Fsp3) is 0.286. The van der Waals surface area contributed by atoms with Crippen molar-refractivity contribution in [3.8, 4) is 6.07 Å². The first-order valence-corrected chi connectivity index (χ1v) is 6.35. The number of benzene rings is 1. The van der Waals surface area contributed by atoms with Crippen LogP contribution in [0.2, 0.25) is 0 Å². The maximum atomic E-state index is 12.0. The summed E-state index contributed by atoms with van der Waals surface area (Å²) in [6, 6.07) is 9.28. The largest absolute Gasteiger partial charge is 0.298 e. The van der Waals surface area contributed by atoms with E-state index >= 15 is 0 Å². The molecule has 4 heteroatoms. The van der Waals surface area contributed by atoms with Crippen molar-refractivity contribution < 1.29 is 4.79 Å². The average Bonchev–Trinajstić information content (AvgIpc) is 2.43. The number of nitriles is 1. The quantitative estimate of drug-likeness (QED) is 0.784. The maximum Gasteiger partial charge on any atom is 0.227 e. The molecule has 0 N–H and O–H groups in total. The van der Waals surface area contributed by atoms with Gasteiger partial charge in [0.25, 0.3) is 0 Å². The number of halogens is 1. The highest BCUT2D eigenvalue weighted by atomic mass is 35.5. The van der Waals surface area contributed by atoms with Gasteiger partial charge in [0.1, 0.15) is 6.04 Å². The van der Waals surface area contributed by atoms with Crippen LogP contribution in [0.5, 0.6) is 0 Å². The van der Waals surface area contributed by atoms with Crippen molar-refractivity contribution in [3.05, 3.63) is 41.6 Å². The van der Waals surface area contributed by atoms with E-state index in [0.29, 0.717) is 18.7 Å². The third-order valence-corrected chi connectivity index (χ3v) is 3.19. The predicted octanol–water partition coefficient (Wildman–Crippen LogP) is 3.08. The fourth-order valence-corrected chi connectivity index (χ4v) is 2.15. The highest BCUT2D eigenvalue weighted by molar-refractivity contribution is 6.17. The van der Waals surface area contributed by atoms with Gasteiger partial charge in [0.05, 0.1) is 6.07 Å². The minimum Gasteiger partial charge on any atom is -0.298 e. The van der Waals surface area contributed by atoms with E-state index in [1.54, 1.807) is 6.20 Å². The Balaban J connectivity index is 2.26. The smallest absolute Gasteiger partial charge is 0.227 e. The van der Waals surface area contributed by atoms with Crippen molar-refractivity contribution in [1.82, 2.24) is 4.90 Å². The van der Waals surface area contributed by atoms with Gasteiger partial charge in [-0.15, -0.1) is 11.6 Å². The molecule has 1 aliphatic rings. The van der Waals surface area contributed by atoms with Crippen LogP contribution < -0.4 is 0 Å². The second-order valence-corrected chi connectivity index (χ2v) is 4.45. The van der Waals surface area contributed by atoms with Crippen molar-refractivity contribution >= 4 is 23.6 Å². The lowest BCUT2D eigenvalue weighted by molar-refractivity contribution is -0.129. The molecule has 0 fully saturated rings. The first-order chi connectivity index (χ1) is 8.77. The summed E-state index contributed by atoms with van der Waals surface area (Å²) in [5, 5.41) is 9.28. The van der Waals surface area contributed by atoms with E-state index in [-0.39, 0.29) is 5.91 Å². The van der Waals surface area contributed by atoms with Crippen LogP contribution in [-0.2, 0) is 4.79 Å². The van der Waals surface area contributed by atoms with E-state index in [9.17, 15) is 10.1 Å². The molecule has 1 amide bonds. The number of rotatable bonds is 3. The topological polar surface area (TPSA) is 44.1 Å². The summed E-state index contributed by atoms with van der Waals surface area (Å²) in [5.74, 6) is 0.393. The zero-order valence-electron chi connectivity index (χ0n) is 9.84. The second kappa shape index (κ2) is 5.70. The molecule has 1 aromatic rings. The summed E-state index contributed by atoms with van der Waals surface area (Å²) in [7, 11) is 0. The molecule has 0 radical (unpaired) electrons. The fourth-order valence-electron chi connectivity index (χ4n) is 2.01. The molecule has 0 bridgehead atoms. The lowest BCUT2D eigenvalue weighted by Crippen LogP contribution is -2.31. The Kier molecular flexibility index (Phi) is 4.01. The highest BCUT2D eigenvalue weighted by Crippen LogP contribution is 2.30. The molecule has 0 aromatic heterocycles. The Morgan fingerprint density at radius 3 is 2.94 bits per heavy atom. The van der Waals surface area contributed by atoms with E-state index in [2.05, 4.69) is 6.07 Å². The van der Waals surface area contributed by atoms with Crippen LogP contribution in [0.4, 0.5) is 0 Å². The van der Waals surface area contributed by atoms with Crippen molar-refractivity contribution in [2.24, 2.45) is 0 Å². The molecule has 0 saturated carbocycles. The van der Waals surface area contributed by atoms with E-state index in [1.807, 2.05) is 30.3 Å². The molecule has 1 atom stereocenters. The van der Waals surface area contributed by atoms with Crippen LogP contribution >= 0.6 is 11.6 Å². The Labute approximate surface area is 111 Å². The predicted molar refractivity (Wildman–Crippen MR) is 70.6 cm³/mol. The molecule has 0 saturated heterocycles. The zero-order chi connectivity index (χ0) is 13.0. The number of carbonyl (C=O) groups is 1. The van der Waals surface area contributed by atoms with Gasteiger partial charge < -0.3 is 0 Å². The number of amides is 1. The maximum absolute atomic E-state index is 12.0. The van der Waals surface area contributed by atoms with Crippen molar-refractivity contribution in [2.75, 3.05) is 5.88 Å². The molecule has 1 aliphatic heterocycles. The standard InChI is InChI=1S/C14H13ClN2O/c15-8-3-6-14(18)17-9-7-11-4-1-2-5-12(11)13(17)10-16/h1-2,4-5,7,9,13H,3,6,8H2. The second-order valence-electron chi connectivity index (χ2n) is 4.07. The SMILES string of the molecule is N#CC1c2ccccc2C=CN1C(=O)CCCCl. The molecule has 1 heterocycles. The van der Waals surface area contributed by atoms with Crippen LogP contribution in [0.15, 0.2) is 30.5 Å². The normalized spacial score (nSPS) is 17.1. The van der Waals surface area contributed by atoms with Gasteiger partial charge in [-0.3, -0.25) is 9.69 Å². The summed E-state index contributed by atoms with van der Waals surface area (Å²) < 4.78 is 0. The van der Waals surface area contributed by atoms with Gasteiger partial charge in [0.15, 0.2) is 0 Å². The molecular formula is C14H13ClN2O. The number of hydrogen-bond donors (Lipinski definition) is 0. The Morgan fingerprint density at radius 2 is 2.22 bits per heavy atom. The zero-order valence-corrected chi connectivity index (χ0v) is 10.6. The number of carbonyl (C=O) groups excluding carboxylic acids is 1. The van der Waals surface area contributed by atoms with Crippen molar-refractivity contribution in [3.63, 3.8) is 0 Å². The first-order valence-electron chi connectivity index (χ1n) is 5.82. The van der Waals surface area contributed by atoms with Crippen LogP contribution in [0.25, 0.3) is 6.08 Å². The third kappa shape index (κ3) is 2.39. The minimum atomic E-state index is -0.533. The van der Waals surface area contributed by atoms with Gasteiger partial charge in [-0.2, -0.15) is 5.26 Å². The lowest BCUT2D eigenvalue weighted by Gasteiger charge is -2.28. The molecule has 18 heavy (non-hydrogen) atoms. The molecule has 2 rings (SSSR count). The van der Waals surface area contributed by atoms with E-state index in [0.717, 1.165) is 11.1 Å². The van der Waals surface area contributed by atoms with Gasteiger partial charge in [0.2, 0.25) is 5.91 Å². The summed E-state index contributed by atoms with van der Waals surface area (Å²) >= 11 is 5.58. The minimum absolute atomic E-state index is 0.0621. The van der Waals surface area contributed by atoms with Gasteiger partial charge in [0, 0.05) is 18.5 Å². The molecule has 3 nitrogen and oxygen atoms in total. The lowest BCUT2D eigenvalue weighted by atomic mass is 9.97. The Bertz CT molecular complexity index is 519. The summed E-state index contributed by atoms with van der Waals surface area (Å²) in [5.41, 5.74) is 1.87. The molecule has 0 spiro atoms. The molecule has 0 aliphatic carbocycles. The van der Waals surface area contributed by atoms with Crippen molar-refractivity contribution in [2.45, 2.75) is 18.9 Å². The molecule has 92 valence electrons. The molecule has 1 aromatic carbocycles.